The number of nitrogens with zero attached hydrogens (tertiary/aromatic N) is 1. The van der Waals surface area contributed by atoms with Crippen molar-refractivity contribution in [2.24, 2.45) is 5.92 Å². The molecule has 0 saturated carbocycles. The first-order chi connectivity index (χ1) is 7.41. The Kier molecular flexibility index (Phi) is 4.16. The van der Waals surface area contributed by atoms with Gasteiger partial charge in [0.05, 0.1) is 11.4 Å². The zero-order chi connectivity index (χ0) is 12.3. The topological polar surface area (TPSA) is 29.3 Å². The normalized spacial score (nSPS) is 10.9. The zero-order valence-corrected chi connectivity index (χ0v) is 10.5. The van der Waals surface area contributed by atoms with Crippen LogP contribution in [0.5, 0.6) is 0 Å². The molecular formula is C13H21FN2. The lowest BCUT2D eigenvalue weighted by atomic mass is 10.1. The van der Waals surface area contributed by atoms with Gasteiger partial charge in [-0.25, -0.2) is 4.39 Å². The number of hydrogen-bond acceptors (Lipinski definition) is 2. The second-order valence-corrected chi connectivity index (χ2v) is 4.76. The van der Waals surface area contributed by atoms with E-state index in [1.165, 1.54) is 6.07 Å². The van der Waals surface area contributed by atoms with Crippen molar-refractivity contribution in [3.63, 3.8) is 0 Å². The van der Waals surface area contributed by atoms with Crippen molar-refractivity contribution in [1.29, 1.82) is 0 Å². The molecule has 1 rings (SSSR count). The van der Waals surface area contributed by atoms with E-state index in [1.54, 1.807) is 6.92 Å². The van der Waals surface area contributed by atoms with Gasteiger partial charge in [0, 0.05) is 13.6 Å². The second-order valence-electron chi connectivity index (χ2n) is 4.76. The molecule has 0 atom stereocenters. The molecule has 0 spiro atoms. The summed E-state index contributed by atoms with van der Waals surface area (Å²) in [5, 5.41) is 0. The highest BCUT2D eigenvalue weighted by Crippen LogP contribution is 2.26. The lowest BCUT2D eigenvalue weighted by Crippen LogP contribution is -2.21. The van der Waals surface area contributed by atoms with Crippen molar-refractivity contribution in [2.45, 2.75) is 27.2 Å². The minimum Gasteiger partial charge on any atom is -0.397 e. The summed E-state index contributed by atoms with van der Waals surface area (Å²) < 4.78 is 13.2. The van der Waals surface area contributed by atoms with Crippen LogP contribution in [0, 0.1) is 18.7 Å². The van der Waals surface area contributed by atoms with Gasteiger partial charge < -0.3 is 10.6 Å². The third-order valence-corrected chi connectivity index (χ3v) is 2.76. The number of hydrogen-bond donors (Lipinski definition) is 1. The molecular weight excluding hydrogens is 203 g/mol. The molecule has 0 aromatic heterocycles. The van der Waals surface area contributed by atoms with Gasteiger partial charge in [-0.1, -0.05) is 13.8 Å². The van der Waals surface area contributed by atoms with Crippen LogP contribution < -0.4 is 10.6 Å². The Morgan fingerprint density at radius 2 is 2.00 bits per heavy atom. The quantitative estimate of drug-likeness (QED) is 0.796. The molecule has 0 aliphatic carbocycles. The predicted molar refractivity (Wildman–Crippen MR) is 68.3 cm³/mol. The molecule has 0 bridgehead atoms. The van der Waals surface area contributed by atoms with Gasteiger partial charge in [0.2, 0.25) is 0 Å². The predicted octanol–water partition coefficient (Wildman–Crippen LogP) is 3.20. The summed E-state index contributed by atoms with van der Waals surface area (Å²) >= 11 is 0. The van der Waals surface area contributed by atoms with Crippen molar-refractivity contribution in [1.82, 2.24) is 0 Å². The van der Waals surface area contributed by atoms with E-state index in [2.05, 4.69) is 18.7 Å². The van der Waals surface area contributed by atoms with Gasteiger partial charge >= 0.3 is 0 Å². The molecule has 2 nitrogen and oxygen atoms in total. The summed E-state index contributed by atoms with van der Waals surface area (Å²) in [7, 11) is 1.99. The molecule has 16 heavy (non-hydrogen) atoms. The number of anilines is 2. The smallest absolute Gasteiger partial charge is 0.128 e. The molecule has 1 aromatic rings. The van der Waals surface area contributed by atoms with Crippen LogP contribution in [-0.4, -0.2) is 13.6 Å². The van der Waals surface area contributed by atoms with Crippen molar-refractivity contribution >= 4 is 11.4 Å². The van der Waals surface area contributed by atoms with Crippen LogP contribution in [0.4, 0.5) is 15.8 Å². The van der Waals surface area contributed by atoms with Crippen molar-refractivity contribution in [3.05, 3.63) is 23.5 Å². The summed E-state index contributed by atoms with van der Waals surface area (Å²) in [6.07, 6.45) is 1.10. The molecule has 3 heteroatoms. The largest absolute Gasteiger partial charge is 0.397 e. The Morgan fingerprint density at radius 3 is 2.56 bits per heavy atom. The number of benzene rings is 1. The summed E-state index contributed by atoms with van der Waals surface area (Å²) in [6, 6.07) is 3.21. The Morgan fingerprint density at radius 1 is 1.38 bits per heavy atom. The van der Waals surface area contributed by atoms with E-state index >= 15 is 0 Å². The minimum absolute atomic E-state index is 0.237. The number of nitrogens with two attached hydrogens (primary N) is 1. The second kappa shape index (κ2) is 5.19. The van der Waals surface area contributed by atoms with E-state index in [0.29, 0.717) is 17.2 Å². The summed E-state index contributed by atoms with van der Waals surface area (Å²) in [4.78, 5) is 2.09. The molecule has 90 valence electrons. The van der Waals surface area contributed by atoms with E-state index in [0.717, 1.165) is 18.7 Å². The number of halogens is 1. The molecule has 0 unspecified atom stereocenters. The lowest BCUT2D eigenvalue weighted by Gasteiger charge is -2.22. The Bertz CT molecular complexity index is 361. The van der Waals surface area contributed by atoms with E-state index < -0.39 is 0 Å². The van der Waals surface area contributed by atoms with E-state index in [-0.39, 0.29) is 5.82 Å². The van der Waals surface area contributed by atoms with Crippen LogP contribution in [0.2, 0.25) is 0 Å². The monoisotopic (exact) mass is 224 g/mol. The van der Waals surface area contributed by atoms with Gasteiger partial charge in [0.1, 0.15) is 5.82 Å². The molecule has 1 aromatic carbocycles. The van der Waals surface area contributed by atoms with E-state index in [4.69, 9.17) is 5.73 Å². The summed E-state index contributed by atoms with van der Waals surface area (Å²) in [5.41, 5.74) is 7.88. The molecule has 0 fully saturated rings. The maximum Gasteiger partial charge on any atom is 0.128 e. The van der Waals surface area contributed by atoms with E-state index in [1.807, 2.05) is 13.1 Å². The fourth-order valence-electron chi connectivity index (χ4n) is 1.58. The van der Waals surface area contributed by atoms with Gasteiger partial charge in [0.25, 0.3) is 0 Å². The molecule has 0 heterocycles. The SMILES string of the molecule is Cc1cc(N(C)CCC(C)C)c(N)cc1F. The van der Waals surface area contributed by atoms with Gasteiger partial charge in [-0.3, -0.25) is 0 Å². The fourth-order valence-corrected chi connectivity index (χ4v) is 1.58. The molecule has 0 amide bonds. The number of nitrogen functional groups attached to an aromatic ring is 1. The van der Waals surface area contributed by atoms with Gasteiger partial charge in [-0.2, -0.15) is 0 Å². The maximum absolute atomic E-state index is 13.2. The average Bonchev–Trinajstić information content (AvgIpc) is 2.20. The molecule has 0 aliphatic rings. The first kappa shape index (κ1) is 12.8. The Labute approximate surface area is 97.3 Å². The van der Waals surface area contributed by atoms with Crippen molar-refractivity contribution in [2.75, 3.05) is 24.2 Å². The van der Waals surface area contributed by atoms with E-state index in [9.17, 15) is 4.39 Å². The van der Waals surface area contributed by atoms with Crippen molar-refractivity contribution < 1.29 is 4.39 Å². The standard InChI is InChI=1S/C13H21FN2/c1-9(2)5-6-16(4)13-7-10(3)11(14)8-12(13)15/h7-9H,5-6,15H2,1-4H3. The molecule has 0 aliphatic heterocycles. The van der Waals surface area contributed by atoms with Crippen molar-refractivity contribution in [3.8, 4) is 0 Å². The van der Waals surface area contributed by atoms with Crippen LogP contribution >= 0.6 is 0 Å². The third-order valence-electron chi connectivity index (χ3n) is 2.76. The van der Waals surface area contributed by atoms with Gasteiger partial charge in [-0.05, 0) is 37.0 Å². The minimum atomic E-state index is -0.237. The highest BCUT2D eigenvalue weighted by atomic mass is 19.1. The van der Waals surface area contributed by atoms with Crippen LogP contribution in [0.25, 0.3) is 0 Å². The van der Waals surface area contributed by atoms with Crippen LogP contribution in [0.15, 0.2) is 12.1 Å². The van der Waals surface area contributed by atoms with Crippen LogP contribution in [-0.2, 0) is 0 Å². The Balaban J connectivity index is 2.82. The molecule has 0 radical (unpaired) electrons. The first-order valence-corrected chi connectivity index (χ1v) is 5.68. The summed E-state index contributed by atoms with van der Waals surface area (Å²) in [6.45, 7) is 7.07. The van der Waals surface area contributed by atoms with Crippen LogP contribution in [0.1, 0.15) is 25.8 Å². The first-order valence-electron chi connectivity index (χ1n) is 5.68. The lowest BCUT2D eigenvalue weighted by molar-refractivity contribution is 0.584. The highest BCUT2D eigenvalue weighted by molar-refractivity contribution is 5.68. The number of aryl methyl sites for hydroxylation is 1. The van der Waals surface area contributed by atoms with Gasteiger partial charge in [-0.15, -0.1) is 0 Å². The third kappa shape index (κ3) is 3.12. The number of rotatable bonds is 4. The van der Waals surface area contributed by atoms with Crippen LogP contribution in [0.3, 0.4) is 0 Å². The fraction of sp³-hybridized carbons (Fsp3) is 0.538. The van der Waals surface area contributed by atoms with Gasteiger partial charge in [0.15, 0.2) is 0 Å². The molecule has 0 saturated heterocycles. The average molecular weight is 224 g/mol. The Hall–Kier alpha value is -1.25. The zero-order valence-electron chi connectivity index (χ0n) is 10.5. The molecule has 2 N–H and O–H groups in total. The highest BCUT2D eigenvalue weighted by Gasteiger charge is 2.09. The maximum atomic E-state index is 13.2. The summed E-state index contributed by atoms with van der Waals surface area (Å²) in [5.74, 6) is 0.420.